The largest absolute Gasteiger partial charge is 0.494 e. The number of halogens is 1. The van der Waals surface area contributed by atoms with Crippen LogP contribution in [0.2, 0.25) is 5.02 Å². The number of nitrogens with zero attached hydrogens (tertiary/aromatic N) is 4. The van der Waals surface area contributed by atoms with Gasteiger partial charge >= 0.3 is 0 Å². The van der Waals surface area contributed by atoms with Gasteiger partial charge in [0, 0.05) is 43.9 Å². The van der Waals surface area contributed by atoms with Crippen LogP contribution in [0, 0.1) is 11.3 Å². The van der Waals surface area contributed by atoms with Crippen molar-refractivity contribution < 1.29 is 14.9 Å². The van der Waals surface area contributed by atoms with E-state index in [0.717, 1.165) is 54.6 Å². The molecule has 38 heavy (non-hydrogen) atoms. The zero-order valence-corrected chi connectivity index (χ0v) is 23.3. The van der Waals surface area contributed by atoms with Crippen molar-refractivity contribution in [2.24, 2.45) is 0 Å². The van der Waals surface area contributed by atoms with Crippen molar-refractivity contribution in [3.63, 3.8) is 0 Å². The van der Waals surface area contributed by atoms with E-state index < -0.39 is 6.10 Å². The number of pyridine rings is 1. The number of anilines is 1. The summed E-state index contributed by atoms with van der Waals surface area (Å²) in [6.07, 6.45) is 1.85. The highest BCUT2D eigenvalue weighted by Gasteiger charge is 2.22. The van der Waals surface area contributed by atoms with Gasteiger partial charge < -0.3 is 19.8 Å². The topological polar surface area (TPSA) is 92.8 Å². The van der Waals surface area contributed by atoms with Gasteiger partial charge in [-0.3, -0.25) is 9.88 Å². The highest BCUT2D eigenvalue weighted by Crippen LogP contribution is 2.26. The molecule has 4 rings (SSSR count). The third-order valence-corrected chi connectivity index (χ3v) is 6.06. The summed E-state index contributed by atoms with van der Waals surface area (Å²) < 4.78 is 5.63. The zero-order valence-electron chi connectivity index (χ0n) is 22.6. The predicted molar refractivity (Wildman–Crippen MR) is 154 cm³/mol. The van der Waals surface area contributed by atoms with Crippen molar-refractivity contribution in [2.45, 2.75) is 39.9 Å². The molecule has 2 N–H and O–H groups in total. The minimum Gasteiger partial charge on any atom is -0.494 e. The molecule has 0 saturated carbocycles. The number of ether oxygens (including phenoxy) is 1. The second-order valence-corrected chi connectivity index (χ2v) is 8.92. The first-order valence-corrected chi connectivity index (χ1v) is 13.5. The fourth-order valence-electron chi connectivity index (χ4n) is 3.84. The van der Waals surface area contributed by atoms with Crippen molar-refractivity contribution in [1.29, 1.82) is 5.26 Å². The number of β-amino-alcohol motifs (C(OH)–C–C–N with tert-alkyl or cyclic N) is 1. The molecule has 1 saturated heterocycles. The molecule has 0 spiro atoms. The minimum atomic E-state index is -0.668. The van der Waals surface area contributed by atoms with Crippen molar-refractivity contribution in [2.75, 3.05) is 44.2 Å². The Bertz CT molecular complexity index is 1100. The minimum absolute atomic E-state index is 0.0538. The fourth-order valence-corrected chi connectivity index (χ4v) is 3.99. The number of aromatic nitrogens is 1. The van der Waals surface area contributed by atoms with E-state index in [4.69, 9.17) is 21.4 Å². The third-order valence-electron chi connectivity index (χ3n) is 5.81. The summed E-state index contributed by atoms with van der Waals surface area (Å²) in [5, 5.41) is 29.9. The molecule has 0 radical (unpaired) electrons. The summed E-state index contributed by atoms with van der Waals surface area (Å²) in [4.78, 5) is 8.64. The van der Waals surface area contributed by atoms with E-state index in [1.807, 2.05) is 62.4 Å². The maximum atomic E-state index is 10.5. The van der Waals surface area contributed by atoms with Crippen LogP contribution in [0.25, 0.3) is 0 Å². The molecule has 0 aliphatic carbocycles. The summed E-state index contributed by atoms with van der Waals surface area (Å²) >= 11 is 5.54. The lowest BCUT2D eigenvalue weighted by Crippen LogP contribution is -2.47. The van der Waals surface area contributed by atoms with Gasteiger partial charge in [-0.1, -0.05) is 56.6 Å². The Balaban J connectivity index is 0.000000481. The number of benzene rings is 2. The van der Waals surface area contributed by atoms with Crippen molar-refractivity contribution in [1.82, 2.24) is 9.88 Å². The molecule has 2 aromatic carbocycles. The van der Waals surface area contributed by atoms with Crippen LogP contribution in [-0.2, 0) is 6.61 Å². The molecule has 1 aliphatic rings. The van der Waals surface area contributed by atoms with Crippen LogP contribution in [0.1, 0.15) is 50.1 Å². The van der Waals surface area contributed by atoms with Crippen molar-refractivity contribution in [3.8, 4) is 11.8 Å². The lowest BCUT2D eigenvalue weighted by molar-refractivity contribution is 0.106. The van der Waals surface area contributed by atoms with E-state index in [9.17, 15) is 10.4 Å². The first kappa shape index (κ1) is 31.1. The summed E-state index contributed by atoms with van der Waals surface area (Å²) in [7, 11) is 0. The molecular formula is C30H39ClN4O3. The Morgan fingerprint density at radius 1 is 1.05 bits per heavy atom. The third kappa shape index (κ3) is 9.96. The Labute approximate surface area is 231 Å². The molecule has 3 aromatic rings. The van der Waals surface area contributed by atoms with Gasteiger partial charge in [0.2, 0.25) is 0 Å². The van der Waals surface area contributed by atoms with Crippen LogP contribution in [-0.4, -0.2) is 59.4 Å². The van der Waals surface area contributed by atoms with E-state index in [2.05, 4.69) is 27.8 Å². The molecule has 2 heterocycles. The average molecular weight is 539 g/mol. The predicted octanol–water partition coefficient (Wildman–Crippen LogP) is 5.46. The van der Waals surface area contributed by atoms with Crippen molar-refractivity contribution >= 4 is 17.3 Å². The monoisotopic (exact) mass is 538 g/mol. The van der Waals surface area contributed by atoms with Gasteiger partial charge in [0.1, 0.15) is 17.9 Å². The summed E-state index contributed by atoms with van der Waals surface area (Å²) in [5.74, 6) is 0.730. The summed E-state index contributed by atoms with van der Waals surface area (Å²) in [6, 6.07) is 21.0. The van der Waals surface area contributed by atoms with Gasteiger partial charge in [0.15, 0.2) is 0 Å². The quantitative estimate of drug-likeness (QED) is 0.393. The molecule has 8 heteroatoms. The van der Waals surface area contributed by atoms with Crippen LogP contribution < -0.4 is 9.64 Å². The average Bonchev–Trinajstić information content (AvgIpc) is 2.98. The summed E-state index contributed by atoms with van der Waals surface area (Å²) in [6.45, 7) is 10.3. The van der Waals surface area contributed by atoms with E-state index >= 15 is 0 Å². The molecule has 0 bridgehead atoms. The Morgan fingerprint density at radius 2 is 1.76 bits per heavy atom. The Kier molecular flexibility index (Phi) is 14.2. The van der Waals surface area contributed by atoms with Crippen LogP contribution in [0.5, 0.6) is 5.75 Å². The smallest absolute Gasteiger partial charge is 0.120 e. The molecule has 0 amide bonds. The van der Waals surface area contributed by atoms with Gasteiger partial charge in [0.25, 0.3) is 0 Å². The second-order valence-electron chi connectivity index (χ2n) is 8.49. The number of aliphatic hydroxyl groups excluding tert-OH is 2. The molecule has 7 nitrogen and oxygen atoms in total. The number of aliphatic hydroxyl groups is 2. The second kappa shape index (κ2) is 17.4. The van der Waals surface area contributed by atoms with Crippen LogP contribution >= 0.6 is 11.6 Å². The molecule has 204 valence electrons. The maximum Gasteiger partial charge on any atom is 0.120 e. The SMILES string of the molecule is CC.CCCOc1ccc(N2CCN(CC(O)c3ccc(CO)cn3)CC2)c(C#N)c1.Clc1ccccc1. The van der Waals surface area contributed by atoms with Crippen molar-refractivity contribution in [3.05, 3.63) is 88.7 Å². The number of hydrogen-bond acceptors (Lipinski definition) is 7. The zero-order chi connectivity index (χ0) is 27.8. The molecule has 1 fully saturated rings. The van der Waals surface area contributed by atoms with Gasteiger partial charge in [-0.2, -0.15) is 5.26 Å². The Hall–Kier alpha value is -3.15. The number of nitriles is 1. The lowest BCUT2D eigenvalue weighted by Gasteiger charge is -2.37. The molecule has 1 atom stereocenters. The summed E-state index contributed by atoms with van der Waals surface area (Å²) in [5.41, 5.74) is 2.89. The molecular weight excluding hydrogens is 500 g/mol. The fraction of sp³-hybridized carbons (Fsp3) is 0.400. The molecule has 1 aromatic heterocycles. The molecule has 1 aliphatic heterocycles. The first-order chi connectivity index (χ1) is 18.5. The van der Waals surface area contributed by atoms with Gasteiger partial charge in [0.05, 0.1) is 30.2 Å². The van der Waals surface area contributed by atoms with Crippen LogP contribution in [0.3, 0.4) is 0 Å². The van der Waals surface area contributed by atoms with Gasteiger partial charge in [-0.25, -0.2) is 0 Å². The van der Waals surface area contributed by atoms with E-state index in [1.54, 1.807) is 18.3 Å². The van der Waals surface area contributed by atoms with E-state index in [0.29, 0.717) is 24.4 Å². The highest BCUT2D eigenvalue weighted by atomic mass is 35.5. The standard InChI is InChI=1S/C22H28N4O3.C6H5Cl.C2H6/c1-2-11-29-19-4-6-21(18(12-19)13-23)26-9-7-25(8-10-26)15-22(28)20-5-3-17(16-27)14-24-20;7-6-4-2-1-3-5-6;1-2/h3-6,12,14,22,27-28H,2,7-11,15-16H2,1H3;1-5H;1-2H3. The van der Waals surface area contributed by atoms with Gasteiger partial charge in [-0.15, -0.1) is 0 Å². The number of hydrogen-bond donors (Lipinski definition) is 2. The van der Waals surface area contributed by atoms with Crippen LogP contribution in [0.15, 0.2) is 66.9 Å². The molecule has 1 unspecified atom stereocenters. The highest BCUT2D eigenvalue weighted by molar-refractivity contribution is 6.30. The number of piperazine rings is 1. The van der Waals surface area contributed by atoms with Crippen LogP contribution in [0.4, 0.5) is 5.69 Å². The Morgan fingerprint density at radius 3 is 2.29 bits per heavy atom. The number of rotatable bonds is 8. The lowest BCUT2D eigenvalue weighted by atomic mass is 10.1. The van der Waals surface area contributed by atoms with E-state index in [1.165, 1.54) is 0 Å². The maximum absolute atomic E-state index is 10.5. The normalized spacial score (nSPS) is 13.8. The van der Waals surface area contributed by atoms with Gasteiger partial charge in [-0.05, 0) is 48.4 Å². The van der Waals surface area contributed by atoms with E-state index in [-0.39, 0.29) is 6.61 Å². The first-order valence-electron chi connectivity index (χ1n) is 13.1.